The Kier molecular flexibility index (Phi) is 5.74. The van der Waals surface area contributed by atoms with Gasteiger partial charge in [-0.15, -0.1) is 12.4 Å². The van der Waals surface area contributed by atoms with E-state index in [0.29, 0.717) is 18.4 Å². The molecule has 0 bridgehead atoms. The van der Waals surface area contributed by atoms with Crippen molar-refractivity contribution in [3.63, 3.8) is 0 Å². The largest absolute Gasteiger partial charge is 0.339 e. The third kappa shape index (κ3) is 4.09. The molecule has 5 nitrogen and oxygen atoms in total. The zero-order valence-corrected chi connectivity index (χ0v) is 11.3. The Bertz CT molecular complexity index is 460. The van der Waals surface area contributed by atoms with Gasteiger partial charge in [0.1, 0.15) is 0 Å². The highest BCUT2D eigenvalue weighted by atomic mass is 35.5. The van der Waals surface area contributed by atoms with Crippen molar-refractivity contribution in [1.29, 1.82) is 0 Å². The molecule has 0 aliphatic rings. The summed E-state index contributed by atoms with van der Waals surface area (Å²) in [5.74, 6) is 1.38. The quantitative estimate of drug-likeness (QED) is 0.893. The van der Waals surface area contributed by atoms with Gasteiger partial charge in [-0.3, -0.25) is 4.98 Å². The second kappa shape index (κ2) is 7.08. The van der Waals surface area contributed by atoms with Crippen molar-refractivity contribution in [3.05, 3.63) is 41.8 Å². The lowest BCUT2D eigenvalue weighted by atomic mass is 10.2. The molecule has 98 valence electrons. The Morgan fingerprint density at radius 1 is 1.44 bits per heavy atom. The molecule has 1 atom stereocenters. The van der Waals surface area contributed by atoms with E-state index >= 15 is 0 Å². The molecule has 0 amide bonds. The molecule has 0 radical (unpaired) electrons. The minimum absolute atomic E-state index is 0. The SMILES string of the molecule is CNC(C)Cc1noc(Cc2cccnc2)n1.Cl. The standard InChI is InChI=1S/C12H16N4O.ClH/c1-9(13-2)6-11-15-12(17-16-11)7-10-4-3-5-14-8-10;/h3-5,8-9,13H,6-7H2,1-2H3;1H. The van der Waals surface area contributed by atoms with Gasteiger partial charge in [-0.2, -0.15) is 4.98 Å². The molecule has 2 heterocycles. The summed E-state index contributed by atoms with van der Waals surface area (Å²) >= 11 is 0. The van der Waals surface area contributed by atoms with Crippen molar-refractivity contribution in [3.8, 4) is 0 Å². The molecular formula is C12H17ClN4O. The summed E-state index contributed by atoms with van der Waals surface area (Å²) < 4.78 is 5.20. The minimum Gasteiger partial charge on any atom is -0.339 e. The molecule has 18 heavy (non-hydrogen) atoms. The predicted octanol–water partition coefficient (Wildman–Crippen LogP) is 1.63. The molecule has 0 aliphatic carbocycles. The molecule has 2 aromatic heterocycles. The summed E-state index contributed by atoms with van der Waals surface area (Å²) in [7, 11) is 1.92. The van der Waals surface area contributed by atoms with Gasteiger partial charge in [-0.05, 0) is 25.6 Å². The van der Waals surface area contributed by atoms with E-state index < -0.39 is 0 Å². The zero-order chi connectivity index (χ0) is 12.1. The highest BCUT2D eigenvalue weighted by molar-refractivity contribution is 5.85. The third-order valence-electron chi connectivity index (χ3n) is 2.57. The number of hydrogen-bond donors (Lipinski definition) is 1. The third-order valence-corrected chi connectivity index (χ3v) is 2.57. The topological polar surface area (TPSA) is 63.8 Å². The number of nitrogens with zero attached hydrogens (tertiary/aromatic N) is 3. The highest BCUT2D eigenvalue weighted by Gasteiger charge is 2.09. The van der Waals surface area contributed by atoms with Crippen LogP contribution >= 0.6 is 12.4 Å². The van der Waals surface area contributed by atoms with Crippen molar-refractivity contribution in [1.82, 2.24) is 20.4 Å². The monoisotopic (exact) mass is 268 g/mol. The maximum Gasteiger partial charge on any atom is 0.231 e. The number of hydrogen-bond acceptors (Lipinski definition) is 5. The fraction of sp³-hybridized carbons (Fsp3) is 0.417. The van der Waals surface area contributed by atoms with Crippen LogP contribution in [0.5, 0.6) is 0 Å². The first-order valence-electron chi connectivity index (χ1n) is 5.65. The summed E-state index contributed by atoms with van der Waals surface area (Å²) in [6.45, 7) is 2.08. The van der Waals surface area contributed by atoms with Gasteiger partial charge in [0.2, 0.25) is 5.89 Å². The Morgan fingerprint density at radius 3 is 2.94 bits per heavy atom. The second-order valence-electron chi connectivity index (χ2n) is 4.04. The summed E-state index contributed by atoms with van der Waals surface area (Å²) in [4.78, 5) is 8.40. The van der Waals surface area contributed by atoms with Gasteiger partial charge in [0.25, 0.3) is 0 Å². The van der Waals surface area contributed by atoms with E-state index in [1.807, 2.05) is 19.2 Å². The molecule has 0 spiro atoms. The van der Waals surface area contributed by atoms with E-state index in [4.69, 9.17) is 4.52 Å². The van der Waals surface area contributed by atoms with Crippen molar-refractivity contribution >= 4 is 12.4 Å². The van der Waals surface area contributed by atoms with E-state index in [0.717, 1.165) is 17.8 Å². The summed E-state index contributed by atoms with van der Waals surface area (Å²) in [5, 5.41) is 7.09. The number of pyridine rings is 1. The van der Waals surface area contributed by atoms with E-state index in [1.54, 1.807) is 12.4 Å². The number of halogens is 1. The molecule has 0 aromatic carbocycles. The summed E-state index contributed by atoms with van der Waals surface area (Å²) in [6.07, 6.45) is 4.96. The summed E-state index contributed by atoms with van der Waals surface area (Å²) in [6, 6.07) is 4.24. The lowest BCUT2D eigenvalue weighted by Gasteiger charge is -2.04. The first-order valence-corrected chi connectivity index (χ1v) is 5.65. The van der Waals surface area contributed by atoms with E-state index in [-0.39, 0.29) is 12.4 Å². The first kappa shape index (κ1) is 14.6. The number of aromatic nitrogens is 3. The van der Waals surface area contributed by atoms with Crippen molar-refractivity contribution < 1.29 is 4.52 Å². The Hall–Kier alpha value is -1.46. The van der Waals surface area contributed by atoms with E-state index in [9.17, 15) is 0 Å². The number of nitrogens with one attached hydrogen (secondary N) is 1. The number of likely N-dealkylation sites (N-methyl/N-ethyl adjacent to an activating group) is 1. The van der Waals surface area contributed by atoms with Crippen LogP contribution in [0.1, 0.15) is 24.2 Å². The van der Waals surface area contributed by atoms with Crippen LogP contribution in [0.2, 0.25) is 0 Å². The lowest BCUT2D eigenvalue weighted by Crippen LogP contribution is -2.24. The highest BCUT2D eigenvalue weighted by Crippen LogP contribution is 2.07. The maximum absolute atomic E-state index is 5.20. The van der Waals surface area contributed by atoms with Crippen LogP contribution in [0, 0.1) is 0 Å². The van der Waals surface area contributed by atoms with Gasteiger partial charge in [0.05, 0.1) is 6.42 Å². The Balaban J connectivity index is 0.00000162. The van der Waals surface area contributed by atoms with Gasteiger partial charge in [-0.1, -0.05) is 11.2 Å². The van der Waals surface area contributed by atoms with Crippen molar-refractivity contribution in [2.75, 3.05) is 7.05 Å². The van der Waals surface area contributed by atoms with Crippen LogP contribution in [0.15, 0.2) is 29.0 Å². The van der Waals surface area contributed by atoms with Crippen molar-refractivity contribution in [2.45, 2.75) is 25.8 Å². The molecule has 0 saturated carbocycles. The van der Waals surface area contributed by atoms with Crippen LogP contribution in [0.3, 0.4) is 0 Å². The summed E-state index contributed by atoms with van der Waals surface area (Å²) in [5.41, 5.74) is 1.07. The average molecular weight is 269 g/mol. The van der Waals surface area contributed by atoms with Gasteiger partial charge >= 0.3 is 0 Å². The molecule has 2 aromatic rings. The predicted molar refractivity (Wildman–Crippen MR) is 70.8 cm³/mol. The molecule has 2 rings (SSSR count). The molecule has 0 aliphatic heterocycles. The van der Waals surface area contributed by atoms with Crippen LogP contribution < -0.4 is 5.32 Å². The van der Waals surface area contributed by atoms with Gasteiger partial charge < -0.3 is 9.84 Å². The first-order chi connectivity index (χ1) is 8.28. The van der Waals surface area contributed by atoms with Crippen LogP contribution in [0.4, 0.5) is 0 Å². The van der Waals surface area contributed by atoms with Gasteiger partial charge in [0, 0.05) is 24.9 Å². The average Bonchev–Trinajstić information content (AvgIpc) is 2.77. The normalized spacial score (nSPS) is 11.9. The molecule has 0 saturated heterocycles. The molecule has 0 fully saturated rings. The zero-order valence-electron chi connectivity index (χ0n) is 10.5. The fourth-order valence-electron chi connectivity index (χ4n) is 1.50. The smallest absolute Gasteiger partial charge is 0.231 e. The minimum atomic E-state index is 0. The van der Waals surface area contributed by atoms with E-state index in [1.165, 1.54) is 0 Å². The van der Waals surface area contributed by atoms with Crippen molar-refractivity contribution in [2.24, 2.45) is 0 Å². The molecule has 1 unspecified atom stereocenters. The number of rotatable bonds is 5. The van der Waals surface area contributed by atoms with Crippen LogP contribution in [-0.2, 0) is 12.8 Å². The Morgan fingerprint density at radius 2 is 2.28 bits per heavy atom. The second-order valence-corrected chi connectivity index (χ2v) is 4.04. The fourth-order valence-corrected chi connectivity index (χ4v) is 1.50. The van der Waals surface area contributed by atoms with E-state index in [2.05, 4.69) is 27.4 Å². The van der Waals surface area contributed by atoms with Crippen LogP contribution in [-0.4, -0.2) is 28.2 Å². The lowest BCUT2D eigenvalue weighted by molar-refractivity contribution is 0.377. The Labute approximate surface area is 112 Å². The van der Waals surface area contributed by atoms with Gasteiger partial charge in [-0.25, -0.2) is 0 Å². The van der Waals surface area contributed by atoms with Crippen LogP contribution in [0.25, 0.3) is 0 Å². The molecular weight excluding hydrogens is 252 g/mol. The van der Waals surface area contributed by atoms with Gasteiger partial charge in [0.15, 0.2) is 5.82 Å². The molecule has 6 heteroatoms. The maximum atomic E-state index is 5.20. The molecule has 1 N–H and O–H groups in total.